The highest BCUT2D eigenvalue weighted by Crippen LogP contribution is 2.27. The number of hydrogen-bond acceptors (Lipinski definition) is 8. The van der Waals surface area contributed by atoms with E-state index in [0.717, 1.165) is 43.7 Å². The molecular weight excluding hydrogens is 553 g/mol. The molecule has 5 rings (SSSR count). The number of piperidine rings is 1. The Kier molecular flexibility index (Phi) is 8.59. The fraction of sp³-hybridized carbons (Fsp3) is 0.379. The second kappa shape index (κ2) is 12.3. The number of carbonyl (C=O) groups excluding carboxylic acids is 1. The highest BCUT2D eigenvalue weighted by atomic mass is 19.4. The van der Waals surface area contributed by atoms with Crippen LogP contribution in [0.2, 0.25) is 0 Å². The van der Waals surface area contributed by atoms with Gasteiger partial charge in [0.15, 0.2) is 5.69 Å². The van der Waals surface area contributed by atoms with Gasteiger partial charge in [-0.3, -0.25) is 9.48 Å². The van der Waals surface area contributed by atoms with E-state index < -0.39 is 6.36 Å². The molecule has 10 nitrogen and oxygen atoms in total. The number of aliphatic hydroxyl groups is 1. The molecule has 0 saturated carbocycles. The van der Waals surface area contributed by atoms with Crippen molar-refractivity contribution >= 4 is 5.91 Å². The summed E-state index contributed by atoms with van der Waals surface area (Å²) in [4.78, 5) is 21.4. The number of likely N-dealkylation sites (N-methyl/N-ethyl adjacent to an activating group) is 1. The van der Waals surface area contributed by atoms with Crippen LogP contribution in [0, 0.1) is 6.92 Å². The molecule has 1 amide bonds. The van der Waals surface area contributed by atoms with Gasteiger partial charge in [0, 0.05) is 50.0 Å². The van der Waals surface area contributed by atoms with Crippen LogP contribution in [-0.4, -0.2) is 86.4 Å². The van der Waals surface area contributed by atoms with Gasteiger partial charge in [-0.25, -0.2) is 0 Å². The third kappa shape index (κ3) is 7.34. The molecule has 2 aromatic heterocycles. The third-order valence-electron chi connectivity index (χ3n) is 7.13. The van der Waals surface area contributed by atoms with Crippen molar-refractivity contribution in [3.63, 3.8) is 0 Å². The highest BCUT2D eigenvalue weighted by molar-refractivity contribution is 5.94. The van der Waals surface area contributed by atoms with Crippen LogP contribution < -0.4 is 4.74 Å². The number of alkyl halides is 3. The number of aryl methyl sites for hydroxylation is 1. The predicted molar refractivity (Wildman–Crippen MR) is 147 cm³/mol. The summed E-state index contributed by atoms with van der Waals surface area (Å²) >= 11 is 0. The molecule has 3 heterocycles. The summed E-state index contributed by atoms with van der Waals surface area (Å²) in [6.07, 6.45) is -3.47. The van der Waals surface area contributed by atoms with Crippen LogP contribution in [0.15, 0.2) is 59.1 Å². The average Bonchev–Trinajstić information content (AvgIpc) is 3.59. The number of aromatic nitrogens is 4. The number of nitrogens with zero attached hydrogens (tertiary/aromatic N) is 6. The molecule has 13 heteroatoms. The predicted octanol–water partition coefficient (Wildman–Crippen LogP) is 4.38. The van der Waals surface area contributed by atoms with Gasteiger partial charge in [-0.2, -0.15) is 10.1 Å². The van der Waals surface area contributed by atoms with Crippen molar-refractivity contribution in [2.45, 2.75) is 38.8 Å². The van der Waals surface area contributed by atoms with Crippen LogP contribution in [0.5, 0.6) is 5.75 Å². The van der Waals surface area contributed by atoms with Gasteiger partial charge in [-0.05, 0) is 67.8 Å². The average molecular weight is 585 g/mol. The largest absolute Gasteiger partial charge is 0.573 e. The number of ether oxygens (including phenoxy) is 1. The summed E-state index contributed by atoms with van der Waals surface area (Å²) in [7, 11) is 1.79. The fourth-order valence-electron chi connectivity index (χ4n) is 4.76. The molecule has 1 aliphatic rings. The molecule has 0 unspecified atom stereocenters. The van der Waals surface area contributed by atoms with Crippen molar-refractivity contribution in [3.05, 3.63) is 71.4 Å². The number of halogens is 3. The van der Waals surface area contributed by atoms with Crippen molar-refractivity contribution < 1.29 is 32.3 Å². The van der Waals surface area contributed by atoms with Crippen molar-refractivity contribution in [2.24, 2.45) is 0 Å². The fourth-order valence-corrected chi connectivity index (χ4v) is 4.76. The Morgan fingerprint density at radius 1 is 1.14 bits per heavy atom. The summed E-state index contributed by atoms with van der Waals surface area (Å²) in [5, 5.41) is 18.2. The molecule has 1 N–H and O–H groups in total. The molecule has 222 valence electrons. The first-order valence-electron chi connectivity index (χ1n) is 13.5. The molecule has 1 fully saturated rings. The molecule has 0 aliphatic carbocycles. The van der Waals surface area contributed by atoms with Crippen LogP contribution >= 0.6 is 0 Å². The maximum Gasteiger partial charge on any atom is 0.573 e. The lowest BCUT2D eigenvalue weighted by atomic mass is 10.1. The topological polar surface area (TPSA) is 110 Å². The van der Waals surface area contributed by atoms with Crippen LogP contribution in [0.1, 0.15) is 34.5 Å². The summed E-state index contributed by atoms with van der Waals surface area (Å²) in [6, 6.07) is 14.4. The Hall–Kier alpha value is -4.23. The zero-order chi connectivity index (χ0) is 29.9. The Bertz CT molecular complexity index is 1510. The molecule has 1 saturated heterocycles. The minimum Gasteiger partial charge on any atom is -0.406 e. The lowest BCUT2D eigenvalue weighted by molar-refractivity contribution is -0.274. The summed E-state index contributed by atoms with van der Waals surface area (Å²) in [5.41, 5.74) is 3.21. The van der Waals surface area contributed by atoms with Gasteiger partial charge in [-0.1, -0.05) is 17.3 Å². The number of hydrogen-bond donors (Lipinski definition) is 1. The summed E-state index contributed by atoms with van der Waals surface area (Å²) in [6.45, 7) is 5.33. The van der Waals surface area contributed by atoms with Crippen LogP contribution in [0.25, 0.3) is 23.0 Å². The molecule has 0 bridgehead atoms. The smallest absolute Gasteiger partial charge is 0.406 e. The van der Waals surface area contributed by atoms with E-state index in [2.05, 4.69) is 24.9 Å². The molecule has 0 atom stereocenters. The van der Waals surface area contributed by atoms with E-state index >= 15 is 0 Å². The van der Waals surface area contributed by atoms with Crippen molar-refractivity contribution in [3.8, 4) is 28.7 Å². The maximum atomic E-state index is 13.1. The first-order chi connectivity index (χ1) is 20.0. The van der Waals surface area contributed by atoms with Gasteiger partial charge in [0.05, 0.1) is 12.6 Å². The molecule has 1 aliphatic heterocycles. The van der Waals surface area contributed by atoms with E-state index in [1.807, 2.05) is 25.1 Å². The first-order valence-corrected chi connectivity index (χ1v) is 13.5. The third-order valence-corrected chi connectivity index (χ3v) is 7.13. The normalized spacial score (nSPS) is 14.7. The Morgan fingerprint density at radius 2 is 1.88 bits per heavy atom. The van der Waals surface area contributed by atoms with Crippen molar-refractivity contribution in [1.82, 2.24) is 29.7 Å². The van der Waals surface area contributed by atoms with E-state index in [9.17, 15) is 23.1 Å². The highest BCUT2D eigenvalue weighted by Gasteiger charge is 2.31. The Balaban J connectivity index is 1.22. The van der Waals surface area contributed by atoms with Crippen LogP contribution in [0.4, 0.5) is 13.2 Å². The molecule has 42 heavy (non-hydrogen) atoms. The van der Waals surface area contributed by atoms with E-state index in [0.29, 0.717) is 29.9 Å². The molecule has 0 spiro atoms. The number of rotatable bonds is 9. The molecular formula is C29H31F3N6O4. The zero-order valence-corrected chi connectivity index (χ0v) is 23.2. The van der Waals surface area contributed by atoms with E-state index in [1.165, 1.54) is 24.3 Å². The Labute approximate surface area is 240 Å². The van der Waals surface area contributed by atoms with E-state index in [1.54, 1.807) is 28.8 Å². The number of likely N-dealkylation sites (tertiary alicyclic amines) is 1. The van der Waals surface area contributed by atoms with Gasteiger partial charge < -0.3 is 24.2 Å². The summed E-state index contributed by atoms with van der Waals surface area (Å²) < 4.78 is 48.3. The van der Waals surface area contributed by atoms with Gasteiger partial charge in [0.25, 0.3) is 11.8 Å². The summed E-state index contributed by atoms with van der Waals surface area (Å²) in [5.74, 6) is -0.0518. The van der Waals surface area contributed by atoms with E-state index in [4.69, 9.17) is 4.52 Å². The minimum atomic E-state index is -4.77. The number of benzene rings is 2. The molecule has 4 aromatic rings. The van der Waals surface area contributed by atoms with Crippen LogP contribution in [0.3, 0.4) is 0 Å². The second-order valence-corrected chi connectivity index (χ2v) is 10.3. The quantitative estimate of drug-likeness (QED) is 0.309. The first kappa shape index (κ1) is 29.3. The van der Waals surface area contributed by atoms with Gasteiger partial charge in [0.2, 0.25) is 5.82 Å². The second-order valence-electron chi connectivity index (χ2n) is 10.3. The van der Waals surface area contributed by atoms with Crippen LogP contribution in [-0.2, 0) is 6.54 Å². The van der Waals surface area contributed by atoms with Crippen molar-refractivity contribution in [1.29, 1.82) is 0 Å². The van der Waals surface area contributed by atoms with Crippen molar-refractivity contribution in [2.75, 3.05) is 33.2 Å². The molecule has 0 radical (unpaired) electrons. The SMILES string of the molecule is Cc1cc(-c2nc(-c3ccc(OC(F)(F)F)cc3)no2)nn1Cc1cccc(C(=O)N(C)CCN2CCC(O)CC2)c1. The zero-order valence-electron chi connectivity index (χ0n) is 23.2. The molecule has 2 aromatic carbocycles. The lowest BCUT2D eigenvalue weighted by Crippen LogP contribution is -2.41. The Morgan fingerprint density at radius 3 is 2.60 bits per heavy atom. The number of aliphatic hydroxyl groups excluding tert-OH is 1. The lowest BCUT2D eigenvalue weighted by Gasteiger charge is -2.30. The monoisotopic (exact) mass is 584 g/mol. The van der Waals surface area contributed by atoms with Gasteiger partial charge in [-0.15, -0.1) is 13.2 Å². The standard InChI is InChI=1S/C29H31F3N6O4/c1-19-16-25(27-33-26(35-42-27)21-6-8-24(9-7-21)41-29(30,31)32)34-38(19)18-20-4-3-5-22(17-20)28(40)36(2)14-15-37-12-10-23(39)11-13-37/h3-9,16-17,23,39H,10-15,18H2,1-2H3. The number of amides is 1. The van der Waals surface area contributed by atoms with Gasteiger partial charge >= 0.3 is 6.36 Å². The minimum absolute atomic E-state index is 0.0665. The maximum absolute atomic E-state index is 13.1. The van der Waals surface area contributed by atoms with E-state index in [-0.39, 0.29) is 29.5 Å². The van der Waals surface area contributed by atoms with Gasteiger partial charge in [0.1, 0.15) is 5.75 Å². The number of carbonyl (C=O) groups is 1.